The van der Waals surface area contributed by atoms with Crippen LogP contribution in [0, 0.1) is 0 Å². The van der Waals surface area contributed by atoms with Crippen molar-refractivity contribution >= 4 is 18.1 Å². The largest absolute Gasteiger partial charge is 0.508 e. The third-order valence-electron chi connectivity index (χ3n) is 4.55. The average Bonchev–Trinajstić information content (AvgIpc) is 3.27. The molecule has 2 bridgehead atoms. The quantitative estimate of drug-likeness (QED) is 0.417. The fraction of sp³-hybridized carbons (Fsp3) is 0.429. The first-order chi connectivity index (χ1) is 10.9. The number of phenolic OH excluding ortho intramolecular Hbond substituents is 1. The zero-order chi connectivity index (χ0) is 16.4. The van der Waals surface area contributed by atoms with Gasteiger partial charge < -0.3 is 26.0 Å². The Bertz CT molecular complexity index is 710. The molecule has 9 heteroatoms. The Morgan fingerprint density at radius 1 is 1.61 bits per heavy atom. The van der Waals surface area contributed by atoms with E-state index in [1.807, 2.05) is 0 Å². The highest BCUT2D eigenvalue weighted by atomic mass is 16.8. The second kappa shape index (κ2) is 4.57. The van der Waals surface area contributed by atoms with Gasteiger partial charge in [-0.15, -0.1) is 0 Å². The van der Waals surface area contributed by atoms with Crippen LogP contribution in [0.15, 0.2) is 12.1 Å². The van der Waals surface area contributed by atoms with E-state index in [0.29, 0.717) is 24.1 Å². The Hall–Kier alpha value is -2.36. The smallest absolute Gasteiger partial charge is 0.404 e. The lowest BCUT2D eigenvalue weighted by molar-refractivity contribution is -0.247. The molecule has 0 saturated carbocycles. The van der Waals surface area contributed by atoms with Gasteiger partial charge in [0, 0.05) is 17.2 Å². The van der Waals surface area contributed by atoms with E-state index in [-0.39, 0.29) is 30.0 Å². The van der Waals surface area contributed by atoms with Crippen molar-refractivity contribution in [1.29, 1.82) is 0 Å². The molecule has 1 amide bonds. The maximum Gasteiger partial charge on any atom is 0.404 e. The number of aldehydes is 1. The average molecular weight is 321 g/mol. The van der Waals surface area contributed by atoms with Gasteiger partial charge in [-0.2, -0.15) is 0 Å². The molecule has 3 heterocycles. The fourth-order valence-electron chi connectivity index (χ4n) is 3.47. The third kappa shape index (κ3) is 1.97. The highest BCUT2D eigenvalue weighted by Crippen LogP contribution is 2.53. The SMILES string of the molecule is NC(=O)OC[C@H]1c2c(O)cc(C=O)cc2N2CC3N[C@@H]3[C@]1(O)O2. The van der Waals surface area contributed by atoms with Crippen LogP contribution < -0.4 is 16.1 Å². The molecule has 1 aromatic rings. The summed E-state index contributed by atoms with van der Waals surface area (Å²) < 4.78 is 4.85. The number of aliphatic hydroxyl groups is 1. The van der Waals surface area contributed by atoms with Crippen LogP contribution in [0.5, 0.6) is 5.75 Å². The molecule has 2 fully saturated rings. The number of nitrogens with one attached hydrogen (secondary N) is 1. The van der Waals surface area contributed by atoms with Crippen LogP contribution in [0.2, 0.25) is 0 Å². The highest BCUT2D eigenvalue weighted by molar-refractivity contribution is 5.80. The van der Waals surface area contributed by atoms with Crippen LogP contribution >= 0.6 is 0 Å². The molecular formula is C14H15N3O6. The lowest BCUT2D eigenvalue weighted by Gasteiger charge is -2.47. The van der Waals surface area contributed by atoms with E-state index >= 15 is 0 Å². The molecule has 4 atom stereocenters. The summed E-state index contributed by atoms with van der Waals surface area (Å²) in [5.74, 6) is -2.69. The van der Waals surface area contributed by atoms with Crippen molar-refractivity contribution in [3.8, 4) is 5.75 Å². The Morgan fingerprint density at radius 3 is 3.09 bits per heavy atom. The topological polar surface area (TPSA) is 144 Å². The number of hydroxylamine groups is 1. The second-order valence-corrected chi connectivity index (χ2v) is 5.93. The van der Waals surface area contributed by atoms with Gasteiger partial charge in [-0.05, 0) is 12.1 Å². The van der Waals surface area contributed by atoms with Gasteiger partial charge in [-0.1, -0.05) is 0 Å². The summed E-state index contributed by atoms with van der Waals surface area (Å²) in [4.78, 5) is 27.6. The lowest BCUT2D eigenvalue weighted by Crippen LogP contribution is -2.59. The van der Waals surface area contributed by atoms with Gasteiger partial charge in [0.2, 0.25) is 5.79 Å². The number of nitrogens with two attached hydrogens (primary N) is 1. The van der Waals surface area contributed by atoms with E-state index in [9.17, 15) is 19.8 Å². The van der Waals surface area contributed by atoms with E-state index < -0.39 is 17.8 Å². The summed E-state index contributed by atoms with van der Waals surface area (Å²) >= 11 is 0. The van der Waals surface area contributed by atoms with Gasteiger partial charge >= 0.3 is 6.09 Å². The fourth-order valence-corrected chi connectivity index (χ4v) is 3.47. The minimum Gasteiger partial charge on any atom is -0.508 e. The van der Waals surface area contributed by atoms with Crippen LogP contribution in [-0.2, 0) is 9.57 Å². The van der Waals surface area contributed by atoms with E-state index in [2.05, 4.69) is 5.32 Å². The lowest BCUT2D eigenvalue weighted by atomic mass is 9.83. The standard InChI is InChI=1S/C14H15N3O6/c15-13(20)22-5-7-11-9(1-6(4-18)2-10(11)19)17-3-8-12(16-8)14(7,21)23-17/h1-2,4,7-8,12,16,19,21H,3,5H2,(H2,15,20)/t7-,8?,12-,14+/m0/s1. The van der Waals surface area contributed by atoms with Gasteiger partial charge in [-0.25, -0.2) is 14.7 Å². The molecule has 122 valence electrons. The number of nitrogens with zero attached hydrogens (tertiary/aromatic N) is 1. The molecule has 0 radical (unpaired) electrons. The monoisotopic (exact) mass is 321 g/mol. The Morgan fingerprint density at radius 2 is 2.39 bits per heavy atom. The number of phenols is 1. The molecule has 1 unspecified atom stereocenters. The Balaban J connectivity index is 1.84. The summed E-state index contributed by atoms with van der Waals surface area (Å²) in [6.07, 6.45) is -0.379. The van der Waals surface area contributed by atoms with E-state index in [0.717, 1.165) is 0 Å². The van der Waals surface area contributed by atoms with Gasteiger partial charge in [0.05, 0.1) is 24.2 Å². The number of ether oxygens (including phenoxy) is 1. The van der Waals surface area contributed by atoms with Crippen LogP contribution in [0.3, 0.4) is 0 Å². The van der Waals surface area contributed by atoms with E-state index in [1.165, 1.54) is 11.1 Å². The van der Waals surface area contributed by atoms with Crippen LogP contribution in [-0.4, -0.2) is 53.6 Å². The molecule has 2 saturated heterocycles. The molecule has 9 nitrogen and oxygen atoms in total. The summed E-state index contributed by atoms with van der Waals surface area (Å²) in [6, 6.07) is 2.53. The van der Waals surface area contributed by atoms with Crippen LogP contribution in [0.4, 0.5) is 10.5 Å². The second-order valence-electron chi connectivity index (χ2n) is 5.93. The van der Waals surface area contributed by atoms with E-state index in [1.54, 1.807) is 6.07 Å². The summed E-state index contributed by atoms with van der Waals surface area (Å²) in [5.41, 5.74) is 6.10. The molecular weight excluding hydrogens is 306 g/mol. The number of aromatic hydroxyl groups is 1. The number of anilines is 1. The molecule has 0 spiro atoms. The molecule has 3 aliphatic heterocycles. The number of carbonyl (C=O) groups excluding carboxylic acids is 2. The van der Waals surface area contributed by atoms with Crippen molar-refractivity contribution in [2.45, 2.75) is 23.8 Å². The summed E-state index contributed by atoms with van der Waals surface area (Å²) in [7, 11) is 0. The summed E-state index contributed by atoms with van der Waals surface area (Å²) in [5, 5.41) is 25.8. The molecule has 4 rings (SSSR count). The van der Waals surface area contributed by atoms with Crippen LogP contribution in [0.1, 0.15) is 21.8 Å². The minimum absolute atomic E-state index is 0.0139. The first-order valence-electron chi connectivity index (χ1n) is 7.13. The third-order valence-corrected chi connectivity index (χ3v) is 4.55. The molecule has 1 aromatic carbocycles. The zero-order valence-corrected chi connectivity index (χ0v) is 11.9. The number of hydrogen-bond acceptors (Lipinski definition) is 8. The summed E-state index contributed by atoms with van der Waals surface area (Å²) in [6.45, 7) is 0.205. The normalized spacial score (nSPS) is 33.4. The van der Waals surface area contributed by atoms with Crippen molar-refractivity contribution in [3.63, 3.8) is 0 Å². The molecule has 0 aromatic heterocycles. The highest BCUT2D eigenvalue weighted by Gasteiger charge is 2.65. The van der Waals surface area contributed by atoms with Crippen molar-refractivity contribution in [2.24, 2.45) is 5.73 Å². The number of carbonyl (C=O) groups is 2. The number of hydrogen-bond donors (Lipinski definition) is 4. The van der Waals surface area contributed by atoms with Crippen molar-refractivity contribution in [2.75, 3.05) is 18.2 Å². The molecule has 5 N–H and O–H groups in total. The number of fused-ring (bicyclic) bond motifs is 6. The van der Waals surface area contributed by atoms with Crippen molar-refractivity contribution in [3.05, 3.63) is 23.3 Å². The van der Waals surface area contributed by atoms with Crippen molar-refractivity contribution in [1.82, 2.24) is 5.32 Å². The van der Waals surface area contributed by atoms with Gasteiger partial charge in [-0.3, -0.25) is 4.79 Å². The Kier molecular flexibility index (Phi) is 2.83. The number of primary amides is 1. The zero-order valence-electron chi connectivity index (χ0n) is 11.9. The number of benzene rings is 1. The molecule has 23 heavy (non-hydrogen) atoms. The molecule has 3 aliphatic rings. The predicted molar refractivity (Wildman–Crippen MR) is 75.9 cm³/mol. The first-order valence-corrected chi connectivity index (χ1v) is 7.13. The van der Waals surface area contributed by atoms with E-state index in [4.69, 9.17) is 15.3 Å². The van der Waals surface area contributed by atoms with Gasteiger partial charge in [0.25, 0.3) is 0 Å². The van der Waals surface area contributed by atoms with Gasteiger partial charge in [0.1, 0.15) is 18.6 Å². The van der Waals surface area contributed by atoms with Crippen LogP contribution in [0.25, 0.3) is 0 Å². The van der Waals surface area contributed by atoms with Crippen molar-refractivity contribution < 1.29 is 29.4 Å². The maximum absolute atomic E-state index is 11.0. The van der Waals surface area contributed by atoms with Gasteiger partial charge in [0.15, 0.2) is 0 Å². The Labute approximate surface area is 130 Å². The predicted octanol–water partition coefficient (Wildman–Crippen LogP) is -0.822. The molecule has 0 aliphatic carbocycles. The first kappa shape index (κ1) is 14.2. The number of amides is 1. The maximum atomic E-state index is 11.0. The minimum atomic E-state index is -1.68. The number of rotatable bonds is 3.